The predicted molar refractivity (Wildman–Crippen MR) is 74.0 cm³/mol. The van der Waals surface area contributed by atoms with Gasteiger partial charge in [-0.15, -0.1) is 11.8 Å². The summed E-state index contributed by atoms with van der Waals surface area (Å²) in [6, 6.07) is 5.52. The van der Waals surface area contributed by atoms with Gasteiger partial charge < -0.3 is 5.32 Å². The summed E-state index contributed by atoms with van der Waals surface area (Å²) < 4.78 is 13.7. The van der Waals surface area contributed by atoms with Crippen LogP contribution < -0.4 is 5.32 Å². The molecule has 0 aromatic heterocycles. The highest BCUT2D eigenvalue weighted by molar-refractivity contribution is 7.99. The van der Waals surface area contributed by atoms with E-state index < -0.39 is 0 Å². The maximum Gasteiger partial charge on any atom is 0.137 e. The molecule has 0 aliphatic carbocycles. The van der Waals surface area contributed by atoms with Crippen molar-refractivity contribution in [2.75, 3.05) is 5.75 Å². The molecule has 0 heterocycles. The van der Waals surface area contributed by atoms with Gasteiger partial charge in [0.25, 0.3) is 0 Å². The van der Waals surface area contributed by atoms with Gasteiger partial charge in [0.1, 0.15) is 5.82 Å². The topological polar surface area (TPSA) is 12.0 Å². The number of thioether (sulfide) groups is 1. The van der Waals surface area contributed by atoms with Crippen molar-refractivity contribution in [2.24, 2.45) is 0 Å². The van der Waals surface area contributed by atoms with Gasteiger partial charge in [-0.3, -0.25) is 0 Å². The number of halogens is 1. The van der Waals surface area contributed by atoms with E-state index in [2.05, 4.69) is 33.0 Å². The van der Waals surface area contributed by atoms with Crippen molar-refractivity contribution in [2.45, 2.75) is 51.1 Å². The minimum absolute atomic E-state index is 0.0616. The molecule has 1 nitrogen and oxygen atoms in total. The zero-order chi connectivity index (χ0) is 12.9. The van der Waals surface area contributed by atoms with E-state index in [1.54, 1.807) is 17.8 Å². The van der Waals surface area contributed by atoms with E-state index in [1.165, 1.54) is 0 Å². The van der Waals surface area contributed by atoms with Crippen molar-refractivity contribution in [1.82, 2.24) is 5.32 Å². The highest BCUT2D eigenvalue weighted by atomic mass is 32.2. The Morgan fingerprint density at radius 3 is 2.53 bits per heavy atom. The van der Waals surface area contributed by atoms with E-state index in [1.807, 2.05) is 12.1 Å². The molecule has 0 saturated carbocycles. The second kappa shape index (κ2) is 6.41. The second-order valence-electron chi connectivity index (χ2n) is 5.22. The first-order valence-corrected chi connectivity index (χ1v) is 7.07. The van der Waals surface area contributed by atoms with Gasteiger partial charge in [-0.2, -0.15) is 0 Å². The first-order chi connectivity index (χ1) is 7.92. The fraction of sp³-hybridized carbons (Fsp3) is 0.571. The van der Waals surface area contributed by atoms with Crippen molar-refractivity contribution in [3.8, 4) is 0 Å². The van der Waals surface area contributed by atoms with Crippen LogP contribution in [-0.4, -0.2) is 11.3 Å². The highest BCUT2D eigenvalue weighted by Gasteiger charge is 2.09. The Hall–Kier alpha value is -0.540. The fourth-order valence-corrected chi connectivity index (χ4v) is 2.14. The monoisotopic (exact) mass is 255 g/mol. The van der Waals surface area contributed by atoms with Crippen molar-refractivity contribution in [1.29, 1.82) is 0 Å². The summed E-state index contributed by atoms with van der Waals surface area (Å²) in [5.41, 5.74) is 1.06. The zero-order valence-electron chi connectivity index (χ0n) is 11.1. The van der Waals surface area contributed by atoms with Gasteiger partial charge in [-0.05, 0) is 50.6 Å². The smallest absolute Gasteiger partial charge is 0.137 e. The van der Waals surface area contributed by atoms with Crippen molar-refractivity contribution >= 4 is 11.8 Å². The molecule has 0 bridgehead atoms. The third-order valence-corrected chi connectivity index (χ3v) is 3.54. The third-order valence-electron chi connectivity index (χ3n) is 2.28. The number of rotatable bonds is 5. The molecule has 0 radical (unpaired) electrons. The van der Waals surface area contributed by atoms with E-state index in [-0.39, 0.29) is 11.4 Å². The molecule has 0 fully saturated rings. The van der Waals surface area contributed by atoms with E-state index in [9.17, 15) is 4.39 Å². The van der Waals surface area contributed by atoms with Crippen LogP contribution in [0.25, 0.3) is 0 Å². The predicted octanol–water partition coefficient (Wildman–Crippen LogP) is 4.22. The minimum atomic E-state index is -0.100. The molecule has 0 atom stereocenters. The summed E-state index contributed by atoms with van der Waals surface area (Å²) in [5.74, 6) is 0.868. The van der Waals surface area contributed by atoms with Crippen LogP contribution in [0.1, 0.15) is 39.7 Å². The van der Waals surface area contributed by atoms with Gasteiger partial charge in [0, 0.05) is 17.0 Å². The van der Waals surface area contributed by atoms with Crippen molar-refractivity contribution in [3.63, 3.8) is 0 Å². The van der Waals surface area contributed by atoms with E-state index in [0.29, 0.717) is 6.54 Å². The normalized spacial score (nSPS) is 11.8. The van der Waals surface area contributed by atoms with Crippen LogP contribution in [0.2, 0.25) is 0 Å². The molecule has 1 aromatic carbocycles. The van der Waals surface area contributed by atoms with Gasteiger partial charge in [0.2, 0.25) is 0 Å². The fourth-order valence-electron chi connectivity index (χ4n) is 1.35. The van der Waals surface area contributed by atoms with Gasteiger partial charge in [0.05, 0.1) is 0 Å². The lowest BCUT2D eigenvalue weighted by Crippen LogP contribution is -2.35. The van der Waals surface area contributed by atoms with Gasteiger partial charge >= 0.3 is 0 Å². The van der Waals surface area contributed by atoms with E-state index >= 15 is 0 Å². The summed E-state index contributed by atoms with van der Waals surface area (Å²) in [4.78, 5) is 0.756. The lowest BCUT2D eigenvalue weighted by atomic mass is 10.1. The molecule has 0 spiro atoms. The van der Waals surface area contributed by atoms with Gasteiger partial charge in [-0.1, -0.05) is 13.0 Å². The first kappa shape index (κ1) is 14.5. The maximum atomic E-state index is 13.7. The van der Waals surface area contributed by atoms with Crippen LogP contribution in [0, 0.1) is 5.82 Å². The van der Waals surface area contributed by atoms with E-state index in [0.717, 1.165) is 22.6 Å². The molecular formula is C14H22FNS. The number of benzene rings is 1. The summed E-state index contributed by atoms with van der Waals surface area (Å²) >= 11 is 1.58. The Morgan fingerprint density at radius 2 is 2.00 bits per heavy atom. The molecule has 1 aromatic rings. The molecule has 0 unspecified atom stereocenters. The molecule has 0 aliphatic rings. The minimum Gasteiger partial charge on any atom is -0.308 e. The summed E-state index contributed by atoms with van der Waals surface area (Å²) in [7, 11) is 0. The van der Waals surface area contributed by atoms with Gasteiger partial charge in [-0.25, -0.2) is 4.39 Å². The van der Waals surface area contributed by atoms with Crippen LogP contribution in [0.15, 0.2) is 23.1 Å². The van der Waals surface area contributed by atoms with Crippen molar-refractivity contribution in [3.05, 3.63) is 29.6 Å². The molecule has 3 heteroatoms. The summed E-state index contributed by atoms with van der Waals surface area (Å²) in [6.45, 7) is 9.13. The average Bonchev–Trinajstić information content (AvgIpc) is 2.24. The Kier molecular flexibility index (Phi) is 5.47. The Bertz CT molecular complexity index is 358. The molecule has 96 valence electrons. The Balaban J connectivity index is 2.62. The Morgan fingerprint density at radius 1 is 1.29 bits per heavy atom. The quantitative estimate of drug-likeness (QED) is 0.791. The van der Waals surface area contributed by atoms with Crippen LogP contribution in [-0.2, 0) is 6.54 Å². The van der Waals surface area contributed by atoms with Gasteiger partial charge in [0.15, 0.2) is 0 Å². The zero-order valence-corrected chi connectivity index (χ0v) is 12.0. The lowest BCUT2D eigenvalue weighted by molar-refractivity contribution is 0.423. The average molecular weight is 255 g/mol. The molecule has 17 heavy (non-hydrogen) atoms. The van der Waals surface area contributed by atoms with Crippen LogP contribution in [0.5, 0.6) is 0 Å². The number of hydrogen-bond donors (Lipinski definition) is 1. The summed E-state index contributed by atoms with van der Waals surface area (Å²) in [6.07, 6.45) is 1.07. The standard InChI is InChI=1S/C14H22FNS/c1-5-8-17-13-7-6-11(9-12(13)15)10-16-14(2,3)4/h6-7,9,16H,5,8,10H2,1-4H3. The molecular weight excluding hydrogens is 233 g/mol. The van der Waals surface area contributed by atoms with Crippen LogP contribution in [0.4, 0.5) is 4.39 Å². The third kappa shape index (κ3) is 5.55. The number of hydrogen-bond acceptors (Lipinski definition) is 2. The SMILES string of the molecule is CCCSc1ccc(CNC(C)(C)C)cc1F. The molecule has 1 N–H and O–H groups in total. The Labute approximate surface area is 108 Å². The molecule has 0 amide bonds. The first-order valence-electron chi connectivity index (χ1n) is 6.08. The molecule has 0 aliphatic heterocycles. The van der Waals surface area contributed by atoms with Crippen molar-refractivity contribution < 1.29 is 4.39 Å². The number of nitrogens with one attached hydrogen (secondary N) is 1. The van der Waals surface area contributed by atoms with E-state index in [4.69, 9.17) is 0 Å². The molecule has 1 rings (SSSR count). The largest absolute Gasteiger partial charge is 0.308 e. The highest BCUT2D eigenvalue weighted by Crippen LogP contribution is 2.23. The lowest BCUT2D eigenvalue weighted by Gasteiger charge is -2.20. The second-order valence-corrected chi connectivity index (χ2v) is 6.35. The van der Waals surface area contributed by atoms with Crippen LogP contribution in [0.3, 0.4) is 0 Å². The maximum absolute atomic E-state index is 13.7. The van der Waals surface area contributed by atoms with Crippen LogP contribution >= 0.6 is 11.8 Å². The summed E-state index contributed by atoms with van der Waals surface area (Å²) in [5, 5.41) is 3.35. The molecule has 0 saturated heterocycles.